The largest absolute Gasteiger partial charge is 0.396 e. The molecular formula is C10H14BrClN2O. The molecule has 2 unspecified atom stereocenters. The van der Waals surface area contributed by atoms with Gasteiger partial charge in [0.15, 0.2) is 0 Å². The Morgan fingerprint density at radius 2 is 2.27 bits per heavy atom. The average molecular weight is 294 g/mol. The van der Waals surface area contributed by atoms with Gasteiger partial charge in [-0.25, -0.2) is 4.98 Å². The number of nitrogens with zero attached hydrogens (tertiary/aromatic N) is 1. The Morgan fingerprint density at radius 3 is 2.80 bits per heavy atom. The fourth-order valence-electron chi connectivity index (χ4n) is 1.04. The molecule has 0 spiro atoms. The second-order valence-corrected chi connectivity index (χ2v) is 4.90. The van der Waals surface area contributed by atoms with E-state index in [0.717, 1.165) is 4.47 Å². The number of aliphatic hydroxyl groups excluding tert-OH is 1. The minimum absolute atomic E-state index is 0.126. The highest BCUT2D eigenvalue weighted by molar-refractivity contribution is 9.10. The molecule has 1 aromatic heterocycles. The quantitative estimate of drug-likeness (QED) is 0.897. The highest BCUT2D eigenvalue weighted by Gasteiger charge is 2.12. The summed E-state index contributed by atoms with van der Waals surface area (Å²) in [4.78, 5) is 4.16. The van der Waals surface area contributed by atoms with Crippen LogP contribution in [0.5, 0.6) is 0 Å². The molecule has 2 atom stereocenters. The van der Waals surface area contributed by atoms with Gasteiger partial charge in [-0.15, -0.1) is 0 Å². The van der Waals surface area contributed by atoms with Crippen molar-refractivity contribution in [1.29, 1.82) is 0 Å². The fourth-order valence-corrected chi connectivity index (χ4v) is 1.72. The molecule has 0 aliphatic heterocycles. The predicted octanol–water partition coefficient (Wildman–Crippen LogP) is 2.93. The van der Waals surface area contributed by atoms with Crippen LogP contribution in [0.3, 0.4) is 0 Å². The minimum Gasteiger partial charge on any atom is -0.396 e. The van der Waals surface area contributed by atoms with E-state index in [1.54, 1.807) is 12.3 Å². The molecular weight excluding hydrogens is 279 g/mol. The van der Waals surface area contributed by atoms with Crippen LogP contribution in [0.4, 0.5) is 5.82 Å². The number of rotatable bonds is 4. The van der Waals surface area contributed by atoms with Crippen molar-refractivity contribution in [3.63, 3.8) is 0 Å². The molecule has 0 fully saturated rings. The van der Waals surface area contributed by atoms with Gasteiger partial charge in [0, 0.05) is 23.3 Å². The summed E-state index contributed by atoms with van der Waals surface area (Å²) in [5, 5.41) is 12.7. The van der Waals surface area contributed by atoms with Crippen LogP contribution in [0.1, 0.15) is 13.8 Å². The smallest absolute Gasteiger partial charge is 0.145 e. The van der Waals surface area contributed by atoms with Gasteiger partial charge in [0.25, 0.3) is 0 Å². The molecule has 1 heterocycles. The lowest BCUT2D eigenvalue weighted by Crippen LogP contribution is -2.26. The highest BCUT2D eigenvalue weighted by Crippen LogP contribution is 2.24. The van der Waals surface area contributed by atoms with Gasteiger partial charge in [0.05, 0.1) is 5.02 Å². The fraction of sp³-hybridized carbons (Fsp3) is 0.500. The van der Waals surface area contributed by atoms with Crippen molar-refractivity contribution in [2.75, 3.05) is 11.9 Å². The van der Waals surface area contributed by atoms with Crippen LogP contribution in [-0.2, 0) is 0 Å². The molecule has 0 bridgehead atoms. The van der Waals surface area contributed by atoms with E-state index in [1.807, 2.05) is 13.8 Å². The molecule has 2 N–H and O–H groups in total. The molecule has 3 nitrogen and oxygen atoms in total. The molecule has 0 aliphatic rings. The Labute approximate surface area is 103 Å². The van der Waals surface area contributed by atoms with E-state index in [4.69, 9.17) is 16.7 Å². The van der Waals surface area contributed by atoms with Gasteiger partial charge in [0.2, 0.25) is 0 Å². The van der Waals surface area contributed by atoms with Crippen molar-refractivity contribution in [3.05, 3.63) is 21.8 Å². The third kappa shape index (κ3) is 3.63. The summed E-state index contributed by atoms with van der Waals surface area (Å²) in [6.45, 7) is 4.09. The maximum Gasteiger partial charge on any atom is 0.145 e. The number of nitrogens with one attached hydrogen (secondary N) is 1. The monoisotopic (exact) mass is 292 g/mol. The van der Waals surface area contributed by atoms with Crippen molar-refractivity contribution in [1.82, 2.24) is 4.98 Å². The number of hydrogen-bond donors (Lipinski definition) is 2. The van der Waals surface area contributed by atoms with Crippen molar-refractivity contribution >= 4 is 33.3 Å². The van der Waals surface area contributed by atoms with E-state index >= 15 is 0 Å². The van der Waals surface area contributed by atoms with Gasteiger partial charge in [0.1, 0.15) is 5.82 Å². The third-order valence-electron chi connectivity index (χ3n) is 2.31. The second-order valence-electron chi connectivity index (χ2n) is 3.58. The summed E-state index contributed by atoms with van der Waals surface area (Å²) in [6, 6.07) is 1.91. The zero-order chi connectivity index (χ0) is 11.4. The van der Waals surface area contributed by atoms with Crippen molar-refractivity contribution < 1.29 is 5.11 Å². The number of halogens is 2. The first kappa shape index (κ1) is 12.7. The number of hydrogen-bond acceptors (Lipinski definition) is 3. The molecule has 0 radical (unpaired) electrons. The van der Waals surface area contributed by atoms with Gasteiger partial charge in [-0.05, 0) is 34.8 Å². The van der Waals surface area contributed by atoms with Crippen molar-refractivity contribution in [3.8, 4) is 0 Å². The van der Waals surface area contributed by atoms with Crippen LogP contribution in [0, 0.1) is 5.92 Å². The van der Waals surface area contributed by atoms with E-state index in [-0.39, 0.29) is 18.6 Å². The first-order valence-electron chi connectivity index (χ1n) is 4.73. The second kappa shape index (κ2) is 5.68. The number of pyridine rings is 1. The topological polar surface area (TPSA) is 45.1 Å². The van der Waals surface area contributed by atoms with E-state index in [9.17, 15) is 0 Å². The molecule has 0 aromatic carbocycles. The third-order valence-corrected chi connectivity index (χ3v) is 3.04. The Bertz CT molecular complexity index is 335. The van der Waals surface area contributed by atoms with E-state index in [0.29, 0.717) is 10.8 Å². The molecule has 5 heteroatoms. The van der Waals surface area contributed by atoms with Crippen molar-refractivity contribution in [2.24, 2.45) is 5.92 Å². The SMILES string of the molecule is CC(CO)C(C)Nc1ncc(Br)cc1Cl. The summed E-state index contributed by atoms with van der Waals surface area (Å²) in [5.41, 5.74) is 0. The number of anilines is 1. The Balaban J connectivity index is 2.72. The standard InChI is InChI=1S/C10H14BrClN2O/c1-6(5-15)7(2)14-10-9(12)3-8(11)4-13-10/h3-4,6-7,15H,5H2,1-2H3,(H,13,14). The van der Waals surface area contributed by atoms with Crippen LogP contribution >= 0.6 is 27.5 Å². The summed E-state index contributed by atoms with van der Waals surface area (Å²) >= 11 is 9.29. The Morgan fingerprint density at radius 1 is 1.60 bits per heavy atom. The summed E-state index contributed by atoms with van der Waals surface area (Å²) in [5.74, 6) is 0.805. The Kier molecular flexibility index (Phi) is 4.83. The minimum atomic E-state index is 0.126. The summed E-state index contributed by atoms with van der Waals surface area (Å²) < 4.78 is 0.848. The van der Waals surface area contributed by atoms with Crippen LogP contribution in [0.2, 0.25) is 5.02 Å². The molecule has 0 amide bonds. The highest BCUT2D eigenvalue weighted by atomic mass is 79.9. The van der Waals surface area contributed by atoms with E-state index < -0.39 is 0 Å². The number of aliphatic hydroxyl groups is 1. The van der Waals surface area contributed by atoms with E-state index in [2.05, 4.69) is 26.2 Å². The lowest BCUT2D eigenvalue weighted by Gasteiger charge is -2.20. The summed E-state index contributed by atoms with van der Waals surface area (Å²) in [7, 11) is 0. The van der Waals surface area contributed by atoms with Crippen LogP contribution in [0.15, 0.2) is 16.7 Å². The zero-order valence-electron chi connectivity index (χ0n) is 8.67. The summed E-state index contributed by atoms with van der Waals surface area (Å²) in [6.07, 6.45) is 1.69. The molecule has 0 saturated carbocycles. The predicted molar refractivity (Wildman–Crippen MR) is 66.3 cm³/mol. The van der Waals surface area contributed by atoms with Crippen molar-refractivity contribution in [2.45, 2.75) is 19.9 Å². The lowest BCUT2D eigenvalue weighted by atomic mass is 10.1. The van der Waals surface area contributed by atoms with Gasteiger partial charge in [-0.2, -0.15) is 0 Å². The lowest BCUT2D eigenvalue weighted by molar-refractivity contribution is 0.226. The Hall–Kier alpha value is -0.320. The van der Waals surface area contributed by atoms with Crippen LogP contribution in [0.25, 0.3) is 0 Å². The number of aromatic nitrogens is 1. The normalized spacial score (nSPS) is 14.7. The first-order chi connectivity index (χ1) is 7.04. The molecule has 84 valence electrons. The zero-order valence-corrected chi connectivity index (χ0v) is 11.0. The molecule has 15 heavy (non-hydrogen) atoms. The van der Waals surface area contributed by atoms with Crippen LogP contribution in [-0.4, -0.2) is 22.7 Å². The van der Waals surface area contributed by atoms with Crippen LogP contribution < -0.4 is 5.32 Å². The van der Waals surface area contributed by atoms with Gasteiger partial charge in [-0.3, -0.25) is 0 Å². The molecule has 1 aromatic rings. The average Bonchev–Trinajstić information content (AvgIpc) is 2.20. The van der Waals surface area contributed by atoms with Gasteiger partial charge >= 0.3 is 0 Å². The molecule has 0 saturated heterocycles. The maximum absolute atomic E-state index is 9.00. The molecule has 1 rings (SSSR count). The maximum atomic E-state index is 9.00. The molecule has 0 aliphatic carbocycles. The van der Waals surface area contributed by atoms with E-state index in [1.165, 1.54) is 0 Å². The van der Waals surface area contributed by atoms with Gasteiger partial charge < -0.3 is 10.4 Å². The van der Waals surface area contributed by atoms with Gasteiger partial charge in [-0.1, -0.05) is 18.5 Å². The first-order valence-corrected chi connectivity index (χ1v) is 5.90.